The van der Waals surface area contributed by atoms with Gasteiger partial charge < -0.3 is 15.2 Å². The number of aromatic carboxylic acids is 1. The number of hydrogen-bond donors (Lipinski definition) is 2. The maximum atomic E-state index is 12.4. The number of halogens is 1. The number of anilines is 1. The van der Waals surface area contributed by atoms with Gasteiger partial charge in [0.1, 0.15) is 0 Å². The molecule has 140 valence electrons. The Morgan fingerprint density at radius 1 is 0.857 bits per heavy atom. The van der Waals surface area contributed by atoms with Gasteiger partial charge in [0.15, 0.2) is 5.11 Å². The number of hydrogen-bond acceptors (Lipinski definition) is 4. The topological polar surface area (TPSA) is 81.3 Å². The first-order valence-electron chi connectivity index (χ1n) is 8.23. The summed E-state index contributed by atoms with van der Waals surface area (Å²) in [6, 6.07) is 20.9. The van der Waals surface area contributed by atoms with Crippen molar-refractivity contribution >= 4 is 46.5 Å². The van der Waals surface area contributed by atoms with Crippen molar-refractivity contribution < 1.29 is 14.7 Å². The van der Waals surface area contributed by atoms with Gasteiger partial charge in [0.25, 0.3) is 5.91 Å². The minimum atomic E-state index is -1.34. The first-order chi connectivity index (χ1) is 13.4. The molecular weight excluding hydrogens is 396 g/mol. The molecule has 0 fully saturated rings. The number of rotatable bonds is 4. The Bertz CT molecular complexity index is 1040. The number of carboxylic acids is 1. The van der Waals surface area contributed by atoms with Crippen molar-refractivity contribution in [2.75, 3.05) is 5.32 Å². The van der Waals surface area contributed by atoms with Crippen molar-refractivity contribution in [3.63, 3.8) is 0 Å². The lowest BCUT2D eigenvalue weighted by Crippen LogP contribution is -2.34. The number of carbonyl (C=O) groups is 2. The van der Waals surface area contributed by atoms with Crippen LogP contribution in [0.3, 0.4) is 0 Å². The molecule has 0 saturated heterocycles. The standard InChI is InChI=1S/C21H15ClN2O3S/c22-17-11-10-16(20(26)27)12-18(17)23-21(28)24-19(25)15-8-6-14(7-9-15)13-4-2-1-3-5-13/h1-12H,(H,26,27)(H2,23,24,25,28)/p-1. The van der Waals surface area contributed by atoms with Crippen molar-refractivity contribution in [2.24, 2.45) is 0 Å². The Balaban J connectivity index is 1.67. The number of thiocarbonyl (C=S) groups is 1. The van der Waals surface area contributed by atoms with Crippen molar-refractivity contribution in [1.29, 1.82) is 0 Å². The fourth-order valence-corrected chi connectivity index (χ4v) is 2.89. The fraction of sp³-hybridized carbons (Fsp3) is 0. The first-order valence-corrected chi connectivity index (χ1v) is 9.01. The molecule has 3 rings (SSSR count). The maximum absolute atomic E-state index is 12.4. The van der Waals surface area contributed by atoms with Crippen molar-refractivity contribution in [2.45, 2.75) is 0 Å². The molecule has 0 atom stereocenters. The quantitative estimate of drug-likeness (QED) is 0.644. The van der Waals surface area contributed by atoms with Gasteiger partial charge in [0.05, 0.1) is 16.7 Å². The number of benzene rings is 3. The predicted molar refractivity (Wildman–Crippen MR) is 111 cm³/mol. The summed E-state index contributed by atoms with van der Waals surface area (Å²) in [6.07, 6.45) is 0. The van der Waals surface area contributed by atoms with Crippen LogP contribution in [0, 0.1) is 0 Å². The molecule has 28 heavy (non-hydrogen) atoms. The zero-order valence-electron chi connectivity index (χ0n) is 14.4. The highest BCUT2D eigenvalue weighted by atomic mass is 35.5. The molecule has 5 nitrogen and oxygen atoms in total. The molecule has 1 amide bonds. The molecule has 0 spiro atoms. The van der Waals surface area contributed by atoms with Gasteiger partial charge in [-0.25, -0.2) is 0 Å². The zero-order valence-corrected chi connectivity index (χ0v) is 16.0. The van der Waals surface area contributed by atoms with E-state index in [1.54, 1.807) is 12.1 Å². The molecule has 0 unspecified atom stereocenters. The van der Waals surface area contributed by atoms with Gasteiger partial charge in [0, 0.05) is 5.56 Å². The second-order valence-electron chi connectivity index (χ2n) is 5.83. The molecular formula is C21H14ClN2O3S-. The van der Waals surface area contributed by atoms with E-state index in [-0.39, 0.29) is 21.4 Å². The summed E-state index contributed by atoms with van der Waals surface area (Å²) in [5.74, 6) is -1.74. The summed E-state index contributed by atoms with van der Waals surface area (Å²) in [6.45, 7) is 0. The smallest absolute Gasteiger partial charge is 0.257 e. The monoisotopic (exact) mass is 409 g/mol. The van der Waals surface area contributed by atoms with Gasteiger partial charge in [-0.3, -0.25) is 10.1 Å². The van der Waals surface area contributed by atoms with Crippen LogP contribution in [0.25, 0.3) is 11.1 Å². The number of carboxylic acid groups (broad SMARTS) is 1. The van der Waals surface area contributed by atoms with E-state index in [1.165, 1.54) is 18.2 Å². The Kier molecular flexibility index (Phi) is 6.03. The largest absolute Gasteiger partial charge is 0.545 e. The molecule has 0 aliphatic heterocycles. The van der Waals surface area contributed by atoms with E-state index in [1.807, 2.05) is 42.5 Å². The summed E-state index contributed by atoms with van der Waals surface area (Å²) in [7, 11) is 0. The predicted octanol–water partition coefficient (Wildman–Crippen LogP) is 3.50. The Labute approximate surface area is 172 Å². The third-order valence-electron chi connectivity index (χ3n) is 3.93. The van der Waals surface area contributed by atoms with Gasteiger partial charge in [-0.1, -0.05) is 60.1 Å². The average molecular weight is 410 g/mol. The summed E-state index contributed by atoms with van der Waals surface area (Å²) in [4.78, 5) is 23.3. The molecule has 2 N–H and O–H groups in total. The maximum Gasteiger partial charge on any atom is 0.257 e. The van der Waals surface area contributed by atoms with Gasteiger partial charge >= 0.3 is 0 Å². The van der Waals surface area contributed by atoms with Gasteiger partial charge in [-0.2, -0.15) is 0 Å². The molecule has 0 heterocycles. The van der Waals surface area contributed by atoms with Crippen molar-refractivity contribution in [1.82, 2.24) is 5.32 Å². The Hall–Kier alpha value is -3.22. The van der Waals surface area contributed by atoms with E-state index in [0.29, 0.717) is 5.56 Å². The Morgan fingerprint density at radius 3 is 2.11 bits per heavy atom. The molecule has 0 bridgehead atoms. The van der Waals surface area contributed by atoms with Gasteiger partial charge in [-0.15, -0.1) is 0 Å². The highest BCUT2D eigenvalue weighted by Gasteiger charge is 2.10. The highest BCUT2D eigenvalue weighted by molar-refractivity contribution is 7.80. The van der Waals surface area contributed by atoms with E-state index in [4.69, 9.17) is 23.8 Å². The van der Waals surface area contributed by atoms with Gasteiger partial charge in [0.2, 0.25) is 0 Å². The van der Waals surface area contributed by atoms with E-state index < -0.39 is 11.9 Å². The summed E-state index contributed by atoms with van der Waals surface area (Å²) in [5.41, 5.74) is 2.67. The molecule has 0 radical (unpaired) electrons. The summed E-state index contributed by atoms with van der Waals surface area (Å²) >= 11 is 11.1. The first kappa shape index (κ1) is 19.5. The van der Waals surface area contributed by atoms with E-state index in [0.717, 1.165) is 11.1 Å². The van der Waals surface area contributed by atoms with Crippen LogP contribution in [0.4, 0.5) is 5.69 Å². The van der Waals surface area contributed by atoms with Crippen molar-refractivity contribution in [3.8, 4) is 11.1 Å². The van der Waals surface area contributed by atoms with Crippen LogP contribution < -0.4 is 15.7 Å². The number of amides is 1. The summed E-state index contributed by atoms with van der Waals surface area (Å²) in [5, 5.41) is 16.5. The molecule has 0 saturated carbocycles. The molecule has 7 heteroatoms. The lowest BCUT2D eigenvalue weighted by Gasteiger charge is -2.13. The van der Waals surface area contributed by atoms with Crippen LogP contribution in [0.15, 0.2) is 72.8 Å². The van der Waals surface area contributed by atoms with Crippen LogP contribution in [0.1, 0.15) is 20.7 Å². The van der Waals surface area contributed by atoms with Crippen LogP contribution in [-0.4, -0.2) is 17.0 Å². The summed E-state index contributed by atoms with van der Waals surface area (Å²) < 4.78 is 0. The van der Waals surface area contributed by atoms with Crippen molar-refractivity contribution in [3.05, 3.63) is 88.9 Å². The normalized spacial score (nSPS) is 10.2. The minimum absolute atomic E-state index is 0.00506. The zero-order chi connectivity index (χ0) is 20.1. The fourth-order valence-electron chi connectivity index (χ4n) is 2.52. The SMILES string of the molecule is O=C([O-])c1ccc(Cl)c(NC(=S)NC(=O)c2ccc(-c3ccccc3)cc2)c1. The Morgan fingerprint density at radius 2 is 1.46 bits per heavy atom. The third kappa shape index (κ3) is 4.73. The lowest BCUT2D eigenvalue weighted by molar-refractivity contribution is -0.255. The molecule has 3 aromatic rings. The highest BCUT2D eigenvalue weighted by Crippen LogP contribution is 2.23. The number of nitrogens with one attached hydrogen (secondary N) is 2. The third-order valence-corrected chi connectivity index (χ3v) is 4.47. The van der Waals surface area contributed by atoms with Gasteiger partial charge in [-0.05, 0) is 53.2 Å². The number of carbonyl (C=O) groups excluding carboxylic acids is 2. The molecule has 0 aliphatic rings. The lowest BCUT2D eigenvalue weighted by atomic mass is 10.0. The van der Waals surface area contributed by atoms with E-state index >= 15 is 0 Å². The second kappa shape index (κ2) is 8.65. The second-order valence-corrected chi connectivity index (χ2v) is 6.65. The molecule has 0 aliphatic carbocycles. The van der Waals surface area contributed by atoms with E-state index in [9.17, 15) is 14.7 Å². The van der Waals surface area contributed by atoms with Crippen LogP contribution in [0.2, 0.25) is 5.02 Å². The van der Waals surface area contributed by atoms with E-state index in [2.05, 4.69) is 10.6 Å². The molecule has 3 aromatic carbocycles. The average Bonchev–Trinajstić information content (AvgIpc) is 2.70. The molecule has 0 aromatic heterocycles. The van der Waals surface area contributed by atoms with Crippen LogP contribution in [0.5, 0.6) is 0 Å². The van der Waals surface area contributed by atoms with Crippen LogP contribution in [-0.2, 0) is 0 Å². The van der Waals surface area contributed by atoms with Crippen LogP contribution >= 0.6 is 23.8 Å². The minimum Gasteiger partial charge on any atom is -0.545 e.